The number of likely N-dealkylation sites (N-methyl/N-ethyl adjacent to an activating group) is 2. The zero-order valence-electron chi connectivity index (χ0n) is 15.8. The van der Waals surface area contributed by atoms with Crippen LogP contribution in [0.5, 0.6) is 0 Å². The topological polar surface area (TPSA) is 18.5 Å². The number of hydrogen-bond donors (Lipinski definition) is 0. The molecule has 4 nitrogen and oxygen atoms in total. The van der Waals surface area contributed by atoms with Crippen molar-refractivity contribution in [2.24, 2.45) is 0 Å². The van der Waals surface area contributed by atoms with E-state index in [1.165, 1.54) is 87.0 Å². The highest BCUT2D eigenvalue weighted by Crippen LogP contribution is 2.16. The zero-order valence-corrected chi connectivity index (χ0v) is 20.1. The molecule has 0 aliphatic carbocycles. The molecule has 0 bridgehead atoms. The SMILES string of the molecule is CC[N+]1(CCCCCC[N+]2(CC)CCOCC2)CCOCC1.[I-].[I-]. The first-order valence-corrected chi connectivity index (χ1v) is 9.60. The van der Waals surface area contributed by atoms with Gasteiger partial charge in [-0.05, 0) is 39.5 Å². The van der Waals surface area contributed by atoms with Gasteiger partial charge in [0.1, 0.15) is 26.2 Å². The molecule has 2 saturated heterocycles. The van der Waals surface area contributed by atoms with Gasteiger partial charge in [0.2, 0.25) is 0 Å². The van der Waals surface area contributed by atoms with E-state index >= 15 is 0 Å². The van der Waals surface area contributed by atoms with Gasteiger partial charge < -0.3 is 66.4 Å². The third kappa shape index (κ3) is 7.90. The fourth-order valence-corrected chi connectivity index (χ4v) is 4.10. The largest absolute Gasteiger partial charge is 1.00 e. The molecule has 0 amide bonds. The van der Waals surface area contributed by atoms with Crippen LogP contribution >= 0.6 is 0 Å². The smallest absolute Gasteiger partial charge is 0.102 e. The Balaban J connectivity index is 0.00000264. The van der Waals surface area contributed by atoms with Crippen molar-refractivity contribution in [1.82, 2.24) is 0 Å². The third-order valence-corrected chi connectivity index (χ3v) is 6.20. The molecule has 2 aliphatic rings. The lowest BCUT2D eigenvalue weighted by Crippen LogP contribution is -3.00. The number of ether oxygens (including phenoxy) is 2. The summed E-state index contributed by atoms with van der Waals surface area (Å²) in [5.41, 5.74) is 0. The lowest BCUT2D eigenvalue weighted by atomic mass is 10.1. The average Bonchev–Trinajstić information content (AvgIpc) is 2.59. The monoisotopic (exact) mass is 568 g/mol. The van der Waals surface area contributed by atoms with Gasteiger partial charge in [0.15, 0.2) is 0 Å². The van der Waals surface area contributed by atoms with Crippen LogP contribution in [0.2, 0.25) is 0 Å². The molecule has 0 spiro atoms. The van der Waals surface area contributed by atoms with Gasteiger partial charge in [-0.3, -0.25) is 0 Å². The molecule has 6 heteroatoms. The van der Waals surface area contributed by atoms with Crippen molar-refractivity contribution in [3.05, 3.63) is 0 Å². The number of quaternary nitrogens is 2. The van der Waals surface area contributed by atoms with E-state index < -0.39 is 0 Å². The van der Waals surface area contributed by atoms with Gasteiger partial charge in [0.05, 0.1) is 52.6 Å². The summed E-state index contributed by atoms with van der Waals surface area (Å²) in [7, 11) is 0. The van der Waals surface area contributed by atoms with Crippen LogP contribution in [-0.2, 0) is 9.47 Å². The van der Waals surface area contributed by atoms with Gasteiger partial charge in [-0.15, -0.1) is 0 Å². The average molecular weight is 568 g/mol. The summed E-state index contributed by atoms with van der Waals surface area (Å²) >= 11 is 0. The second kappa shape index (κ2) is 13.5. The predicted octanol–water partition coefficient (Wildman–Crippen LogP) is -3.71. The number of unbranched alkanes of at least 4 members (excludes halogenated alkanes) is 3. The minimum Gasteiger partial charge on any atom is -1.00 e. The van der Waals surface area contributed by atoms with Crippen LogP contribution < -0.4 is 48.0 Å². The first kappa shape index (κ1) is 25.3. The Kier molecular flexibility index (Phi) is 14.2. The van der Waals surface area contributed by atoms with Crippen molar-refractivity contribution in [2.75, 3.05) is 78.8 Å². The first-order valence-electron chi connectivity index (χ1n) is 9.60. The van der Waals surface area contributed by atoms with E-state index in [4.69, 9.17) is 9.47 Å². The lowest BCUT2D eigenvalue weighted by Gasteiger charge is -2.41. The van der Waals surface area contributed by atoms with E-state index in [1.807, 2.05) is 0 Å². The fourth-order valence-electron chi connectivity index (χ4n) is 4.10. The summed E-state index contributed by atoms with van der Waals surface area (Å²) in [5.74, 6) is 0. The first-order chi connectivity index (χ1) is 10.7. The predicted molar refractivity (Wildman–Crippen MR) is 90.9 cm³/mol. The summed E-state index contributed by atoms with van der Waals surface area (Å²) < 4.78 is 13.7. The van der Waals surface area contributed by atoms with Crippen molar-refractivity contribution in [3.8, 4) is 0 Å². The van der Waals surface area contributed by atoms with E-state index in [0.717, 1.165) is 26.4 Å². The Bertz CT molecular complexity index is 277. The van der Waals surface area contributed by atoms with Gasteiger partial charge in [0.25, 0.3) is 0 Å². The third-order valence-electron chi connectivity index (χ3n) is 6.20. The van der Waals surface area contributed by atoms with Gasteiger partial charge in [-0.2, -0.15) is 0 Å². The summed E-state index contributed by atoms with van der Waals surface area (Å²) in [4.78, 5) is 0. The van der Waals surface area contributed by atoms with Gasteiger partial charge >= 0.3 is 0 Å². The van der Waals surface area contributed by atoms with Crippen molar-refractivity contribution < 1.29 is 66.4 Å². The highest BCUT2D eigenvalue weighted by molar-refractivity contribution is 4.53. The van der Waals surface area contributed by atoms with Crippen LogP contribution in [-0.4, -0.2) is 87.8 Å². The van der Waals surface area contributed by atoms with Crippen LogP contribution in [0.25, 0.3) is 0 Å². The van der Waals surface area contributed by atoms with Crippen LogP contribution in [0, 0.1) is 0 Å². The molecule has 2 fully saturated rings. The molecular weight excluding hydrogens is 530 g/mol. The van der Waals surface area contributed by atoms with Gasteiger partial charge in [-0.1, -0.05) is 0 Å². The normalized spacial score (nSPS) is 22.2. The molecule has 24 heavy (non-hydrogen) atoms. The summed E-state index contributed by atoms with van der Waals surface area (Å²) in [6.45, 7) is 18.7. The van der Waals surface area contributed by atoms with E-state index in [0.29, 0.717) is 0 Å². The van der Waals surface area contributed by atoms with Gasteiger partial charge in [-0.25, -0.2) is 0 Å². The number of nitrogens with zero attached hydrogens (tertiary/aromatic N) is 2. The maximum Gasteiger partial charge on any atom is 0.102 e. The molecule has 2 heterocycles. The molecular formula is C18H38I2N2O2. The zero-order chi connectivity index (χ0) is 15.7. The molecule has 0 radical (unpaired) electrons. The van der Waals surface area contributed by atoms with Gasteiger partial charge in [0, 0.05) is 0 Å². The fraction of sp³-hybridized carbons (Fsp3) is 1.00. The minimum absolute atomic E-state index is 0. The highest BCUT2D eigenvalue weighted by Gasteiger charge is 2.29. The summed E-state index contributed by atoms with van der Waals surface area (Å²) in [5, 5.41) is 0. The van der Waals surface area contributed by atoms with Crippen molar-refractivity contribution in [2.45, 2.75) is 39.5 Å². The second-order valence-electron chi connectivity index (χ2n) is 7.30. The minimum atomic E-state index is 0. The molecule has 146 valence electrons. The van der Waals surface area contributed by atoms with Crippen LogP contribution in [0.15, 0.2) is 0 Å². The maximum absolute atomic E-state index is 5.53. The Morgan fingerprint density at radius 1 is 0.583 bits per heavy atom. The second-order valence-corrected chi connectivity index (χ2v) is 7.30. The molecule has 0 aromatic heterocycles. The van der Waals surface area contributed by atoms with Crippen molar-refractivity contribution >= 4 is 0 Å². The molecule has 0 aromatic rings. The molecule has 2 aliphatic heterocycles. The van der Waals surface area contributed by atoms with Crippen LogP contribution in [0.1, 0.15) is 39.5 Å². The van der Waals surface area contributed by atoms with Crippen molar-refractivity contribution in [3.63, 3.8) is 0 Å². The Hall–Kier alpha value is 1.30. The Labute approximate surface area is 183 Å². The van der Waals surface area contributed by atoms with Crippen molar-refractivity contribution in [1.29, 1.82) is 0 Å². The highest BCUT2D eigenvalue weighted by atomic mass is 127. The number of rotatable bonds is 9. The standard InChI is InChI=1S/C18H38N2O2.2HI/c1-3-19(11-15-21-16-12-19)9-7-5-6-8-10-20(4-2)13-17-22-18-14-20;;/h3-18H2,1-2H3;2*1H/q+2;;/p-2. The van der Waals surface area contributed by atoms with E-state index in [1.54, 1.807) is 0 Å². The molecule has 0 saturated carbocycles. The summed E-state index contributed by atoms with van der Waals surface area (Å²) in [6, 6.07) is 0. The molecule has 0 unspecified atom stereocenters. The van der Waals surface area contributed by atoms with Crippen LogP contribution in [0.3, 0.4) is 0 Å². The Morgan fingerprint density at radius 2 is 0.917 bits per heavy atom. The van der Waals surface area contributed by atoms with E-state index in [2.05, 4.69) is 13.8 Å². The molecule has 2 rings (SSSR count). The van der Waals surface area contributed by atoms with E-state index in [9.17, 15) is 0 Å². The van der Waals surface area contributed by atoms with Crippen LogP contribution in [0.4, 0.5) is 0 Å². The number of hydrogen-bond acceptors (Lipinski definition) is 2. The quantitative estimate of drug-likeness (QED) is 0.162. The Morgan fingerprint density at radius 3 is 1.21 bits per heavy atom. The number of halogens is 2. The van der Waals surface area contributed by atoms with E-state index in [-0.39, 0.29) is 48.0 Å². The maximum atomic E-state index is 5.53. The molecule has 0 atom stereocenters. The number of morpholine rings is 2. The lowest BCUT2D eigenvalue weighted by molar-refractivity contribution is -0.934. The molecule has 0 aromatic carbocycles. The molecule has 0 N–H and O–H groups in total. The summed E-state index contributed by atoms with van der Waals surface area (Å²) in [6.07, 6.45) is 5.59.